The second kappa shape index (κ2) is 11.2. The van der Waals surface area contributed by atoms with Gasteiger partial charge in [-0.05, 0) is 50.4 Å². The molecule has 0 unspecified atom stereocenters. The normalized spacial score (nSPS) is 20.3. The van der Waals surface area contributed by atoms with Gasteiger partial charge in [-0.2, -0.15) is 0 Å². The fourth-order valence-electron chi connectivity index (χ4n) is 4.06. The van der Waals surface area contributed by atoms with Crippen LogP contribution in [0.15, 0.2) is 24.3 Å². The molecule has 0 saturated carbocycles. The molecule has 7 nitrogen and oxygen atoms in total. The van der Waals surface area contributed by atoms with Gasteiger partial charge in [0.15, 0.2) is 0 Å². The van der Waals surface area contributed by atoms with Crippen molar-refractivity contribution < 1.29 is 14.3 Å². The van der Waals surface area contributed by atoms with Crippen molar-refractivity contribution in [2.45, 2.75) is 32.1 Å². The molecule has 2 aliphatic heterocycles. The number of nitrogens with one attached hydrogen (secondary N) is 2. The van der Waals surface area contributed by atoms with E-state index in [0.717, 1.165) is 64.2 Å². The minimum atomic E-state index is -0.0229. The molecule has 2 aliphatic rings. The van der Waals surface area contributed by atoms with Gasteiger partial charge in [0.25, 0.3) is 5.91 Å². The Bertz CT molecular complexity index is 676. The summed E-state index contributed by atoms with van der Waals surface area (Å²) < 4.78 is 5.36. The van der Waals surface area contributed by atoms with Crippen LogP contribution < -0.4 is 10.6 Å². The summed E-state index contributed by atoms with van der Waals surface area (Å²) in [4.78, 5) is 29.0. The lowest BCUT2D eigenvalue weighted by molar-refractivity contribution is 0.0374. The van der Waals surface area contributed by atoms with Crippen LogP contribution in [0.1, 0.15) is 48.0 Å². The smallest absolute Gasteiger partial charge is 0.317 e. The van der Waals surface area contributed by atoms with E-state index in [-0.39, 0.29) is 17.9 Å². The molecule has 0 spiro atoms. The molecule has 1 aromatic carbocycles. The Kier molecular flexibility index (Phi) is 8.31. The standard InChI is InChI=1S/C22H34N4O3/c1-2-23-22(28)26-11-4-8-20(17-26)18-6-3-7-19(16-18)21(27)24-9-5-10-25-12-14-29-15-13-25/h3,6-7,16,20H,2,4-5,8-15,17H2,1H3,(H,23,28)(H,24,27)/t20-/m0/s1. The number of hydrogen-bond donors (Lipinski definition) is 2. The average Bonchev–Trinajstić information content (AvgIpc) is 2.77. The molecule has 1 aromatic rings. The molecule has 0 aliphatic carbocycles. The number of morpholine rings is 1. The molecule has 2 fully saturated rings. The number of nitrogens with zero attached hydrogens (tertiary/aromatic N) is 2. The van der Waals surface area contributed by atoms with E-state index in [1.165, 1.54) is 0 Å². The maximum absolute atomic E-state index is 12.6. The molecule has 2 N–H and O–H groups in total. The number of piperidine rings is 1. The minimum absolute atomic E-state index is 0.00589. The van der Waals surface area contributed by atoms with Crippen molar-refractivity contribution in [1.29, 1.82) is 0 Å². The number of hydrogen-bond acceptors (Lipinski definition) is 4. The predicted molar refractivity (Wildman–Crippen MR) is 113 cm³/mol. The summed E-state index contributed by atoms with van der Waals surface area (Å²) in [5.41, 5.74) is 1.84. The van der Waals surface area contributed by atoms with Gasteiger partial charge in [-0.3, -0.25) is 9.69 Å². The van der Waals surface area contributed by atoms with Gasteiger partial charge in [-0.25, -0.2) is 4.79 Å². The number of urea groups is 1. The summed E-state index contributed by atoms with van der Waals surface area (Å²) in [6.07, 6.45) is 2.97. The largest absolute Gasteiger partial charge is 0.379 e. The van der Waals surface area contributed by atoms with E-state index in [9.17, 15) is 9.59 Å². The molecular formula is C22H34N4O3. The van der Waals surface area contributed by atoms with E-state index in [1.54, 1.807) is 0 Å². The SMILES string of the molecule is CCNC(=O)N1CCC[C@H](c2cccc(C(=O)NCCCN3CCOCC3)c2)C1. The Morgan fingerprint density at radius 2 is 2.00 bits per heavy atom. The molecule has 7 heteroatoms. The summed E-state index contributed by atoms with van der Waals surface area (Å²) in [6, 6.07) is 7.88. The van der Waals surface area contributed by atoms with Gasteiger partial charge in [-0.15, -0.1) is 0 Å². The van der Waals surface area contributed by atoms with Gasteiger partial charge < -0.3 is 20.3 Å². The number of benzene rings is 1. The van der Waals surface area contributed by atoms with Crippen molar-refractivity contribution >= 4 is 11.9 Å². The lowest BCUT2D eigenvalue weighted by Gasteiger charge is -2.33. The van der Waals surface area contributed by atoms with E-state index in [2.05, 4.69) is 21.6 Å². The molecule has 29 heavy (non-hydrogen) atoms. The Morgan fingerprint density at radius 3 is 2.79 bits per heavy atom. The first-order valence-corrected chi connectivity index (χ1v) is 10.9. The van der Waals surface area contributed by atoms with Crippen LogP contribution in [0.2, 0.25) is 0 Å². The van der Waals surface area contributed by atoms with Crippen LogP contribution in [0, 0.1) is 0 Å². The molecule has 160 valence electrons. The number of carbonyl (C=O) groups excluding carboxylic acids is 2. The number of rotatable bonds is 7. The highest BCUT2D eigenvalue weighted by molar-refractivity contribution is 5.94. The molecule has 0 aromatic heterocycles. The number of carbonyl (C=O) groups is 2. The highest BCUT2D eigenvalue weighted by Crippen LogP contribution is 2.27. The molecule has 1 atom stereocenters. The summed E-state index contributed by atoms with van der Waals surface area (Å²) in [5.74, 6) is 0.255. The summed E-state index contributed by atoms with van der Waals surface area (Å²) in [7, 11) is 0. The number of ether oxygens (including phenoxy) is 1. The third kappa shape index (κ3) is 6.44. The van der Waals surface area contributed by atoms with Crippen molar-refractivity contribution in [3.63, 3.8) is 0 Å². The summed E-state index contributed by atoms with van der Waals surface area (Å²) in [5, 5.41) is 5.92. The van der Waals surface area contributed by atoms with Crippen LogP contribution in [0.5, 0.6) is 0 Å². The monoisotopic (exact) mass is 402 g/mol. The zero-order chi connectivity index (χ0) is 20.5. The second-order valence-electron chi connectivity index (χ2n) is 7.81. The van der Waals surface area contributed by atoms with Gasteiger partial charge in [0.05, 0.1) is 13.2 Å². The molecule has 0 bridgehead atoms. The lowest BCUT2D eigenvalue weighted by atomic mass is 9.89. The van der Waals surface area contributed by atoms with E-state index in [0.29, 0.717) is 25.2 Å². The molecule has 3 rings (SSSR count). The van der Waals surface area contributed by atoms with Gasteiger partial charge in [-0.1, -0.05) is 12.1 Å². The van der Waals surface area contributed by atoms with Crippen LogP contribution in [-0.4, -0.2) is 80.8 Å². The summed E-state index contributed by atoms with van der Waals surface area (Å²) in [6.45, 7) is 9.30. The predicted octanol–water partition coefficient (Wildman–Crippen LogP) is 2.05. The molecular weight excluding hydrogens is 368 g/mol. The highest BCUT2D eigenvalue weighted by Gasteiger charge is 2.25. The Morgan fingerprint density at radius 1 is 1.17 bits per heavy atom. The highest BCUT2D eigenvalue weighted by atomic mass is 16.5. The number of amides is 3. The fraction of sp³-hybridized carbons (Fsp3) is 0.636. The van der Waals surface area contributed by atoms with Crippen molar-refractivity contribution in [3.05, 3.63) is 35.4 Å². The Balaban J connectivity index is 1.49. The molecule has 2 heterocycles. The van der Waals surface area contributed by atoms with E-state index < -0.39 is 0 Å². The Hall–Kier alpha value is -2.12. The first-order valence-electron chi connectivity index (χ1n) is 10.9. The maximum Gasteiger partial charge on any atom is 0.317 e. The zero-order valence-electron chi connectivity index (χ0n) is 17.5. The van der Waals surface area contributed by atoms with Gasteiger partial charge in [0, 0.05) is 50.7 Å². The number of likely N-dealkylation sites (tertiary alicyclic amines) is 1. The minimum Gasteiger partial charge on any atom is -0.379 e. The third-order valence-electron chi connectivity index (χ3n) is 5.70. The third-order valence-corrected chi connectivity index (χ3v) is 5.70. The summed E-state index contributed by atoms with van der Waals surface area (Å²) >= 11 is 0. The average molecular weight is 403 g/mol. The van der Waals surface area contributed by atoms with Crippen molar-refractivity contribution in [2.75, 3.05) is 59.0 Å². The van der Waals surface area contributed by atoms with E-state index in [1.807, 2.05) is 30.0 Å². The van der Waals surface area contributed by atoms with E-state index >= 15 is 0 Å². The molecule has 2 saturated heterocycles. The maximum atomic E-state index is 12.6. The van der Waals surface area contributed by atoms with Gasteiger partial charge in [0.1, 0.15) is 0 Å². The quantitative estimate of drug-likeness (QED) is 0.685. The van der Waals surface area contributed by atoms with Crippen molar-refractivity contribution in [2.24, 2.45) is 0 Å². The molecule has 0 radical (unpaired) electrons. The van der Waals surface area contributed by atoms with Crippen molar-refractivity contribution in [1.82, 2.24) is 20.4 Å². The zero-order valence-corrected chi connectivity index (χ0v) is 17.5. The van der Waals surface area contributed by atoms with Crippen LogP contribution in [0.25, 0.3) is 0 Å². The first kappa shape index (κ1) is 21.6. The first-order chi connectivity index (χ1) is 14.2. The molecule has 3 amide bonds. The lowest BCUT2D eigenvalue weighted by Crippen LogP contribution is -2.44. The van der Waals surface area contributed by atoms with Gasteiger partial charge in [0.2, 0.25) is 0 Å². The van der Waals surface area contributed by atoms with Crippen LogP contribution >= 0.6 is 0 Å². The van der Waals surface area contributed by atoms with Crippen LogP contribution in [0.3, 0.4) is 0 Å². The van der Waals surface area contributed by atoms with Gasteiger partial charge >= 0.3 is 6.03 Å². The topological polar surface area (TPSA) is 73.9 Å². The van der Waals surface area contributed by atoms with Crippen LogP contribution in [0.4, 0.5) is 4.79 Å². The Labute approximate surface area is 173 Å². The second-order valence-corrected chi connectivity index (χ2v) is 7.81. The van der Waals surface area contributed by atoms with Crippen LogP contribution in [-0.2, 0) is 4.74 Å². The fourth-order valence-corrected chi connectivity index (χ4v) is 4.06. The van der Waals surface area contributed by atoms with E-state index in [4.69, 9.17) is 4.74 Å². The van der Waals surface area contributed by atoms with Crippen molar-refractivity contribution in [3.8, 4) is 0 Å².